The lowest BCUT2D eigenvalue weighted by Gasteiger charge is -2.06. The molecule has 0 aliphatic carbocycles. The van der Waals surface area contributed by atoms with Gasteiger partial charge in [-0.25, -0.2) is 0 Å². The molecule has 0 aliphatic heterocycles. The number of hydrazone groups is 1. The molecule has 0 aliphatic rings. The van der Waals surface area contributed by atoms with Crippen LogP contribution in [0.15, 0.2) is 5.10 Å². The summed E-state index contributed by atoms with van der Waals surface area (Å²) in [5.41, 5.74) is 0. The largest absolute Gasteiger partial charge is 0.480 e. The van der Waals surface area contributed by atoms with Gasteiger partial charge >= 0.3 is 5.97 Å². The molecule has 0 rings (SSSR count). The van der Waals surface area contributed by atoms with E-state index in [1.54, 1.807) is 7.05 Å². The van der Waals surface area contributed by atoms with Gasteiger partial charge in [-0.15, -0.1) is 0 Å². The van der Waals surface area contributed by atoms with Crippen LogP contribution in [0.25, 0.3) is 0 Å². The van der Waals surface area contributed by atoms with E-state index in [9.17, 15) is 4.79 Å². The van der Waals surface area contributed by atoms with E-state index in [2.05, 4.69) is 5.10 Å². The van der Waals surface area contributed by atoms with E-state index in [-0.39, 0.29) is 6.54 Å². The zero-order valence-corrected chi connectivity index (χ0v) is 5.11. The summed E-state index contributed by atoms with van der Waals surface area (Å²) in [6, 6.07) is 0. The fourth-order valence-electron chi connectivity index (χ4n) is 0.368. The van der Waals surface area contributed by atoms with Gasteiger partial charge in [0.1, 0.15) is 12.9 Å². The maximum Gasteiger partial charge on any atom is 0.323 e. The van der Waals surface area contributed by atoms with E-state index in [1.807, 2.05) is 0 Å². The van der Waals surface area contributed by atoms with Gasteiger partial charge < -0.3 is 15.8 Å². The molecule has 0 spiro atoms. The highest BCUT2D eigenvalue weighted by Gasteiger charge is 1.97. The molecule has 52 valence electrons. The molecule has 9 heavy (non-hydrogen) atoms. The third-order valence-electron chi connectivity index (χ3n) is 0.648. The van der Waals surface area contributed by atoms with Crippen LogP contribution in [0.3, 0.4) is 0 Å². The first kappa shape index (κ1) is 7.74. The number of carboxylic acids is 1. The number of rotatable bonds is 3. The van der Waals surface area contributed by atoms with Crippen LogP contribution < -0.4 is 5.84 Å². The van der Waals surface area contributed by atoms with Crippen molar-refractivity contribution in [1.29, 1.82) is 0 Å². The zero-order chi connectivity index (χ0) is 7.28. The first-order valence-corrected chi connectivity index (χ1v) is 2.32. The molecule has 0 bridgehead atoms. The predicted molar refractivity (Wildman–Crippen MR) is 32.9 cm³/mol. The second kappa shape index (κ2) is 3.71. The molecule has 0 saturated carbocycles. The summed E-state index contributed by atoms with van der Waals surface area (Å²) < 4.78 is 0. The van der Waals surface area contributed by atoms with E-state index in [0.29, 0.717) is 0 Å². The normalized spacial score (nSPS) is 9.89. The summed E-state index contributed by atoms with van der Waals surface area (Å²) in [6.45, 7) is -0.0826. The summed E-state index contributed by atoms with van der Waals surface area (Å²) >= 11 is 0. The number of likely N-dealkylation sites (N-methyl/N-ethyl adjacent to an activating group) is 1. The number of nitrogens with two attached hydrogens (primary N) is 1. The summed E-state index contributed by atoms with van der Waals surface area (Å²) in [4.78, 5) is 11.3. The van der Waals surface area contributed by atoms with Crippen LogP contribution in [0.5, 0.6) is 0 Å². The molecule has 5 heteroatoms. The van der Waals surface area contributed by atoms with Crippen LogP contribution in [-0.4, -0.2) is 35.9 Å². The smallest absolute Gasteiger partial charge is 0.323 e. The van der Waals surface area contributed by atoms with Crippen molar-refractivity contribution in [3.05, 3.63) is 0 Å². The standard InChI is InChI=1S/C4H9N3O2/c1-7(3-6-5)2-4(8)9/h3H,2,5H2,1H3,(H,8,9)/b6-3-. The van der Waals surface area contributed by atoms with Crippen LogP contribution >= 0.6 is 0 Å². The topological polar surface area (TPSA) is 78.9 Å². The molecule has 3 N–H and O–H groups in total. The summed E-state index contributed by atoms with van der Waals surface area (Å²) in [5.74, 6) is 3.83. The van der Waals surface area contributed by atoms with E-state index in [1.165, 1.54) is 11.2 Å². The van der Waals surface area contributed by atoms with Crippen LogP contribution in [0.4, 0.5) is 0 Å². The number of hydrogen-bond donors (Lipinski definition) is 2. The average molecular weight is 131 g/mol. The van der Waals surface area contributed by atoms with Crippen LogP contribution in [0.1, 0.15) is 0 Å². The lowest BCUT2D eigenvalue weighted by atomic mass is 10.6. The molecular formula is C4H9N3O2. The molecule has 0 atom stereocenters. The Morgan fingerprint density at radius 1 is 2.00 bits per heavy atom. The summed E-state index contributed by atoms with van der Waals surface area (Å²) in [5, 5.41) is 11.3. The van der Waals surface area contributed by atoms with Crippen molar-refractivity contribution in [3.8, 4) is 0 Å². The lowest BCUT2D eigenvalue weighted by molar-refractivity contribution is -0.137. The highest BCUT2D eigenvalue weighted by atomic mass is 16.4. The molecule has 0 saturated heterocycles. The first-order chi connectivity index (χ1) is 4.16. The molecule has 0 aromatic heterocycles. The molecule has 0 heterocycles. The third kappa shape index (κ3) is 4.60. The SMILES string of the molecule is CN(/C=N\N)CC(=O)O. The Kier molecular flexibility index (Phi) is 3.19. The van der Waals surface area contributed by atoms with Crippen molar-refractivity contribution in [3.63, 3.8) is 0 Å². The van der Waals surface area contributed by atoms with Gasteiger partial charge in [0.15, 0.2) is 0 Å². The van der Waals surface area contributed by atoms with Crippen molar-refractivity contribution in [2.75, 3.05) is 13.6 Å². The first-order valence-electron chi connectivity index (χ1n) is 2.32. The zero-order valence-electron chi connectivity index (χ0n) is 5.11. The number of aliphatic carboxylic acids is 1. The highest BCUT2D eigenvalue weighted by Crippen LogP contribution is 1.73. The highest BCUT2D eigenvalue weighted by molar-refractivity contribution is 5.72. The minimum Gasteiger partial charge on any atom is -0.480 e. The fraction of sp³-hybridized carbons (Fsp3) is 0.500. The Morgan fingerprint density at radius 2 is 2.56 bits per heavy atom. The summed E-state index contributed by atoms with van der Waals surface area (Å²) in [6.07, 6.45) is 1.24. The molecule has 0 aromatic carbocycles. The Hall–Kier alpha value is -1.26. The van der Waals surface area contributed by atoms with Crippen LogP contribution in [0.2, 0.25) is 0 Å². The minimum atomic E-state index is -0.905. The van der Waals surface area contributed by atoms with Crippen molar-refractivity contribution in [2.45, 2.75) is 0 Å². The van der Waals surface area contributed by atoms with Crippen LogP contribution in [-0.2, 0) is 4.79 Å². The maximum absolute atomic E-state index is 9.94. The maximum atomic E-state index is 9.94. The predicted octanol–water partition coefficient (Wildman–Crippen LogP) is -1.10. The molecule has 0 aromatic rings. The van der Waals surface area contributed by atoms with Gasteiger partial charge in [0.25, 0.3) is 0 Å². The summed E-state index contributed by atoms with van der Waals surface area (Å²) in [7, 11) is 1.57. The van der Waals surface area contributed by atoms with E-state index >= 15 is 0 Å². The quantitative estimate of drug-likeness (QED) is 0.220. The van der Waals surface area contributed by atoms with Crippen LogP contribution in [0, 0.1) is 0 Å². The molecule has 0 unspecified atom stereocenters. The van der Waals surface area contributed by atoms with Crippen molar-refractivity contribution in [2.24, 2.45) is 10.9 Å². The van der Waals surface area contributed by atoms with Gasteiger partial charge in [-0.2, -0.15) is 5.10 Å². The van der Waals surface area contributed by atoms with Gasteiger partial charge in [-0.3, -0.25) is 4.79 Å². The fourth-order valence-corrected chi connectivity index (χ4v) is 0.368. The van der Waals surface area contributed by atoms with Gasteiger partial charge in [-0.1, -0.05) is 0 Å². The van der Waals surface area contributed by atoms with E-state index in [0.717, 1.165) is 0 Å². The minimum absolute atomic E-state index is 0.0826. The Balaban J connectivity index is 3.50. The van der Waals surface area contributed by atoms with Crippen molar-refractivity contribution in [1.82, 2.24) is 4.90 Å². The monoisotopic (exact) mass is 131 g/mol. The van der Waals surface area contributed by atoms with E-state index < -0.39 is 5.97 Å². The Bertz CT molecular complexity index is 123. The molecule has 0 amide bonds. The van der Waals surface area contributed by atoms with Gasteiger partial charge in [-0.05, 0) is 0 Å². The van der Waals surface area contributed by atoms with Crippen molar-refractivity contribution < 1.29 is 9.90 Å². The molecule has 5 nitrogen and oxygen atoms in total. The van der Waals surface area contributed by atoms with Gasteiger partial charge in [0.05, 0.1) is 0 Å². The van der Waals surface area contributed by atoms with Gasteiger partial charge in [0.2, 0.25) is 0 Å². The molecule has 0 radical (unpaired) electrons. The second-order valence-electron chi connectivity index (χ2n) is 1.57. The van der Waals surface area contributed by atoms with Gasteiger partial charge in [0, 0.05) is 7.05 Å². The molecule has 0 fully saturated rings. The number of hydrogen-bond acceptors (Lipinski definition) is 3. The number of nitrogens with zero attached hydrogens (tertiary/aromatic N) is 2. The number of carboxylic acid groups (broad SMARTS) is 1. The van der Waals surface area contributed by atoms with Crippen molar-refractivity contribution >= 4 is 12.3 Å². The van der Waals surface area contributed by atoms with E-state index in [4.69, 9.17) is 10.9 Å². The third-order valence-corrected chi connectivity index (χ3v) is 0.648. The Labute approximate surface area is 52.8 Å². The lowest BCUT2D eigenvalue weighted by Crippen LogP contribution is -2.24. The average Bonchev–Trinajstić information content (AvgIpc) is 1.63. The molecular weight excluding hydrogens is 122 g/mol. The Morgan fingerprint density at radius 3 is 2.89 bits per heavy atom. The number of carbonyl (C=O) groups is 1. The second-order valence-corrected chi connectivity index (χ2v) is 1.57.